The number of benzene rings is 1. The minimum absolute atomic E-state index is 0.0316. The summed E-state index contributed by atoms with van der Waals surface area (Å²) in [5, 5.41) is 16.9. The van der Waals surface area contributed by atoms with Crippen LogP contribution >= 0.6 is 0 Å². The van der Waals surface area contributed by atoms with Gasteiger partial charge in [0.05, 0.1) is 18.8 Å². The fourth-order valence-corrected chi connectivity index (χ4v) is 3.68. The maximum atomic E-state index is 13.3. The number of nitrogens with one attached hydrogen (secondary N) is 4. The maximum absolute atomic E-state index is 13.3. The molecule has 1 aromatic carbocycles. The molecule has 13 nitrogen and oxygen atoms in total. The molecule has 1 aromatic heterocycles. The van der Waals surface area contributed by atoms with Gasteiger partial charge in [0.1, 0.15) is 18.1 Å². The van der Waals surface area contributed by atoms with Crippen molar-refractivity contribution >= 4 is 29.6 Å². The zero-order chi connectivity index (χ0) is 28.2. The molecule has 2 aromatic rings. The summed E-state index contributed by atoms with van der Waals surface area (Å²) in [6.45, 7) is 3.49. The summed E-state index contributed by atoms with van der Waals surface area (Å²) in [7, 11) is 0. The number of imidazole rings is 1. The van der Waals surface area contributed by atoms with E-state index in [0.717, 1.165) is 5.56 Å². The molecule has 1 heterocycles. The smallest absolute Gasteiger partial charge is 0.326 e. The highest BCUT2D eigenvalue weighted by Gasteiger charge is 2.33. The van der Waals surface area contributed by atoms with Gasteiger partial charge in [-0.3, -0.25) is 19.2 Å². The molecule has 0 saturated heterocycles. The van der Waals surface area contributed by atoms with Crippen LogP contribution in [-0.2, 0) is 36.8 Å². The summed E-state index contributed by atoms with van der Waals surface area (Å²) in [5.74, 6) is -4.80. The van der Waals surface area contributed by atoms with Gasteiger partial charge < -0.3 is 37.5 Å². The van der Waals surface area contributed by atoms with Crippen molar-refractivity contribution in [2.75, 3.05) is 0 Å². The second kappa shape index (κ2) is 14.5. The molecular formula is C25H35N7O6. The third-order valence-electron chi connectivity index (χ3n) is 6.06. The average molecular weight is 530 g/mol. The Morgan fingerprint density at radius 3 is 2.18 bits per heavy atom. The summed E-state index contributed by atoms with van der Waals surface area (Å²) in [5.41, 5.74) is 12.6. The minimum atomic E-state index is -1.56. The summed E-state index contributed by atoms with van der Waals surface area (Å²) in [6.07, 6.45) is 3.05. The van der Waals surface area contributed by atoms with Crippen LogP contribution in [0.15, 0.2) is 42.9 Å². The van der Waals surface area contributed by atoms with Crippen molar-refractivity contribution in [2.45, 2.75) is 63.7 Å². The zero-order valence-electron chi connectivity index (χ0n) is 21.3. The lowest BCUT2D eigenvalue weighted by Gasteiger charge is -2.28. The van der Waals surface area contributed by atoms with Gasteiger partial charge in [0.25, 0.3) is 0 Å². The average Bonchev–Trinajstić information content (AvgIpc) is 3.39. The Hall–Kier alpha value is -4.26. The van der Waals surface area contributed by atoms with Gasteiger partial charge in [-0.05, 0) is 17.9 Å². The fourth-order valence-electron chi connectivity index (χ4n) is 3.68. The van der Waals surface area contributed by atoms with E-state index in [-0.39, 0.29) is 12.8 Å². The van der Waals surface area contributed by atoms with Gasteiger partial charge in [-0.1, -0.05) is 50.6 Å². The number of carbonyl (C=O) groups is 5. The van der Waals surface area contributed by atoms with E-state index in [2.05, 4.69) is 25.9 Å². The number of hydrogen-bond donors (Lipinski definition) is 7. The van der Waals surface area contributed by atoms with Crippen molar-refractivity contribution in [3.8, 4) is 0 Å². The van der Waals surface area contributed by atoms with E-state index in [1.54, 1.807) is 13.8 Å². The highest BCUT2D eigenvalue weighted by atomic mass is 16.4. The summed E-state index contributed by atoms with van der Waals surface area (Å²) in [6, 6.07) is 4.40. The first kappa shape index (κ1) is 30.0. The van der Waals surface area contributed by atoms with Gasteiger partial charge in [-0.25, -0.2) is 9.78 Å². The number of carbonyl (C=O) groups excluding carboxylic acids is 4. The second-order valence-corrected chi connectivity index (χ2v) is 9.08. The maximum Gasteiger partial charge on any atom is 0.326 e. The molecule has 0 bridgehead atoms. The number of amides is 4. The third kappa shape index (κ3) is 9.32. The Balaban J connectivity index is 2.19. The molecule has 0 aliphatic heterocycles. The van der Waals surface area contributed by atoms with Crippen LogP contribution < -0.4 is 27.4 Å². The number of nitrogens with zero attached hydrogens (tertiary/aromatic N) is 1. The van der Waals surface area contributed by atoms with Gasteiger partial charge in [-0.2, -0.15) is 0 Å². The highest BCUT2D eigenvalue weighted by molar-refractivity contribution is 5.95. The molecule has 5 atom stereocenters. The Kier molecular flexibility index (Phi) is 11.4. The van der Waals surface area contributed by atoms with Crippen molar-refractivity contribution < 1.29 is 29.1 Å². The van der Waals surface area contributed by atoms with Crippen LogP contribution in [0.5, 0.6) is 0 Å². The lowest BCUT2D eigenvalue weighted by Crippen LogP contribution is -2.59. The number of rotatable bonds is 15. The van der Waals surface area contributed by atoms with Gasteiger partial charge in [-0.15, -0.1) is 0 Å². The van der Waals surface area contributed by atoms with Gasteiger partial charge in [0, 0.05) is 18.3 Å². The van der Waals surface area contributed by atoms with Gasteiger partial charge >= 0.3 is 5.97 Å². The highest BCUT2D eigenvalue weighted by Crippen LogP contribution is 2.11. The SMILES string of the molecule is CCC(C)C(NC(=O)C(Cc1cnc[nH]1)NC(=O)C(N)Cc1ccccc1)C(=O)NC(CC(N)=O)C(=O)O. The molecule has 0 aliphatic carbocycles. The molecule has 9 N–H and O–H groups in total. The summed E-state index contributed by atoms with van der Waals surface area (Å²) in [4.78, 5) is 68.7. The monoisotopic (exact) mass is 529 g/mol. The van der Waals surface area contributed by atoms with Crippen LogP contribution in [-0.4, -0.2) is 68.8 Å². The largest absolute Gasteiger partial charge is 0.480 e. The molecule has 0 spiro atoms. The number of aliphatic carboxylic acids is 1. The number of carboxylic acids is 1. The molecular weight excluding hydrogens is 494 g/mol. The first-order chi connectivity index (χ1) is 18.0. The minimum Gasteiger partial charge on any atom is -0.480 e. The van der Waals surface area contributed by atoms with E-state index >= 15 is 0 Å². The Morgan fingerprint density at radius 2 is 1.63 bits per heavy atom. The van der Waals surface area contributed by atoms with E-state index in [9.17, 15) is 29.1 Å². The van der Waals surface area contributed by atoms with Crippen molar-refractivity contribution in [3.05, 3.63) is 54.1 Å². The lowest BCUT2D eigenvalue weighted by atomic mass is 9.97. The Bertz CT molecular complexity index is 1090. The van der Waals surface area contributed by atoms with Crippen LogP contribution in [0.2, 0.25) is 0 Å². The van der Waals surface area contributed by atoms with Crippen LogP contribution in [0.4, 0.5) is 0 Å². The van der Waals surface area contributed by atoms with Crippen molar-refractivity contribution in [1.82, 2.24) is 25.9 Å². The predicted molar refractivity (Wildman–Crippen MR) is 137 cm³/mol. The van der Waals surface area contributed by atoms with Crippen LogP contribution in [0.1, 0.15) is 37.9 Å². The number of carboxylic acid groups (broad SMARTS) is 1. The van der Waals surface area contributed by atoms with E-state index in [4.69, 9.17) is 11.5 Å². The van der Waals surface area contributed by atoms with E-state index in [1.807, 2.05) is 30.3 Å². The summed E-state index contributed by atoms with van der Waals surface area (Å²) >= 11 is 0. The van der Waals surface area contributed by atoms with E-state index < -0.39 is 66.1 Å². The molecule has 0 aliphatic rings. The topological polar surface area (TPSA) is 222 Å². The number of aromatic amines is 1. The first-order valence-corrected chi connectivity index (χ1v) is 12.2. The number of H-pyrrole nitrogens is 1. The molecule has 0 fully saturated rings. The number of nitrogens with two attached hydrogens (primary N) is 2. The zero-order valence-corrected chi connectivity index (χ0v) is 21.3. The predicted octanol–water partition coefficient (Wildman–Crippen LogP) is -1.02. The van der Waals surface area contributed by atoms with Crippen LogP contribution in [0, 0.1) is 5.92 Å². The van der Waals surface area contributed by atoms with E-state index in [1.165, 1.54) is 12.5 Å². The first-order valence-electron chi connectivity index (χ1n) is 12.2. The Labute approximate surface area is 220 Å². The lowest BCUT2D eigenvalue weighted by molar-refractivity contribution is -0.144. The molecule has 38 heavy (non-hydrogen) atoms. The van der Waals surface area contributed by atoms with E-state index in [0.29, 0.717) is 12.1 Å². The van der Waals surface area contributed by atoms with Crippen LogP contribution in [0.25, 0.3) is 0 Å². The molecule has 4 amide bonds. The number of hydrogen-bond acceptors (Lipinski definition) is 7. The molecule has 13 heteroatoms. The van der Waals surface area contributed by atoms with Gasteiger partial charge in [0.15, 0.2) is 0 Å². The van der Waals surface area contributed by atoms with Crippen molar-refractivity contribution in [3.63, 3.8) is 0 Å². The normalized spacial score (nSPS) is 14.8. The molecule has 2 rings (SSSR count). The quantitative estimate of drug-likeness (QED) is 0.151. The number of primary amides is 1. The number of aromatic nitrogens is 2. The van der Waals surface area contributed by atoms with Crippen molar-refractivity contribution in [1.29, 1.82) is 0 Å². The molecule has 0 saturated carbocycles. The fraction of sp³-hybridized carbons (Fsp3) is 0.440. The van der Waals surface area contributed by atoms with Gasteiger partial charge in [0.2, 0.25) is 23.6 Å². The molecule has 5 unspecified atom stereocenters. The standard InChI is InChI=1S/C25H35N7O6/c1-3-14(2)21(24(36)31-19(25(37)38)11-20(27)33)32-23(35)18(10-16-12-28-13-29-16)30-22(34)17(26)9-15-7-5-4-6-8-15/h4-8,12-14,17-19,21H,3,9-11,26H2,1-2H3,(H2,27,33)(H,28,29)(H,30,34)(H,31,36)(H,32,35)(H,37,38). The second-order valence-electron chi connectivity index (χ2n) is 9.08. The Morgan fingerprint density at radius 1 is 0.974 bits per heavy atom. The van der Waals surface area contributed by atoms with Crippen molar-refractivity contribution in [2.24, 2.45) is 17.4 Å². The molecule has 0 radical (unpaired) electrons. The molecule has 206 valence electrons. The third-order valence-corrected chi connectivity index (χ3v) is 6.06. The van der Waals surface area contributed by atoms with Crippen LogP contribution in [0.3, 0.4) is 0 Å². The summed E-state index contributed by atoms with van der Waals surface area (Å²) < 4.78 is 0.